The fraction of sp³-hybridized carbons (Fsp3) is 0.423. The minimum Gasteiger partial charge on any atom is -0.442 e. The van der Waals surface area contributed by atoms with Gasteiger partial charge in [-0.25, -0.2) is 9.59 Å². The highest BCUT2D eigenvalue weighted by molar-refractivity contribution is 7.98. The third kappa shape index (κ3) is 8.43. The minimum atomic E-state index is -0.971. The van der Waals surface area contributed by atoms with Gasteiger partial charge in [-0.2, -0.15) is 11.8 Å². The van der Waals surface area contributed by atoms with E-state index in [9.17, 15) is 9.59 Å². The Morgan fingerprint density at radius 2 is 1.71 bits per heavy atom. The standard InChI is InChI=1S/C26H32N2O5S2/c1-25(2,3)31-23(29)28(33-24(30)32-26(4,5)6)21(19-10-8-7-9-11-19)17-34-16-18-14-22-20(27-15-18)12-13-35-22/h7-15,21H,16-17H2,1-6H3/t21-/m1/s1. The summed E-state index contributed by atoms with van der Waals surface area (Å²) in [5, 5.41) is 3.01. The fourth-order valence-electron chi connectivity index (χ4n) is 3.11. The summed E-state index contributed by atoms with van der Waals surface area (Å²) < 4.78 is 12.0. The molecular weight excluding hydrogens is 484 g/mol. The average molecular weight is 517 g/mol. The van der Waals surface area contributed by atoms with Gasteiger partial charge in [-0.15, -0.1) is 16.4 Å². The molecule has 9 heteroatoms. The van der Waals surface area contributed by atoms with Crippen molar-refractivity contribution in [2.45, 2.75) is 64.5 Å². The lowest BCUT2D eigenvalue weighted by atomic mass is 10.1. The number of thiophene rings is 1. The van der Waals surface area contributed by atoms with Crippen LogP contribution in [0.5, 0.6) is 0 Å². The van der Waals surface area contributed by atoms with Crippen LogP contribution < -0.4 is 0 Å². The lowest BCUT2D eigenvalue weighted by Crippen LogP contribution is -2.42. The molecule has 3 rings (SSSR count). The molecule has 2 heterocycles. The van der Waals surface area contributed by atoms with Crippen LogP contribution in [-0.2, 0) is 20.1 Å². The number of carbonyl (C=O) groups excluding carboxylic acids is 2. The molecule has 1 atom stereocenters. The van der Waals surface area contributed by atoms with Crippen molar-refractivity contribution in [2.75, 3.05) is 5.75 Å². The maximum Gasteiger partial charge on any atom is 0.534 e. The number of fused-ring (bicyclic) bond motifs is 1. The highest BCUT2D eigenvalue weighted by atomic mass is 32.2. The summed E-state index contributed by atoms with van der Waals surface area (Å²) in [5.41, 5.74) is 1.31. The quantitative estimate of drug-likeness (QED) is 0.250. The number of ether oxygens (including phenoxy) is 2. The number of carbonyl (C=O) groups is 2. The third-order valence-corrected chi connectivity index (χ3v) is 6.45. The average Bonchev–Trinajstić information content (AvgIpc) is 3.21. The van der Waals surface area contributed by atoms with Crippen LogP contribution in [-0.4, -0.2) is 39.3 Å². The number of pyridine rings is 1. The van der Waals surface area contributed by atoms with E-state index >= 15 is 0 Å². The molecule has 188 valence electrons. The van der Waals surface area contributed by atoms with Gasteiger partial charge in [0.15, 0.2) is 0 Å². The monoisotopic (exact) mass is 516 g/mol. The molecule has 0 radical (unpaired) electrons. The Labute approximate surface area is 214 Å². The zero-order chi connectivity index (χ0) is 25.6. The summed E-state index contributed by atoms with van der Waals surface area (Å²) >= 11 is 3.26. The lowest BCUT2D eigenvalue weighted by molar-refractivity contribution is -0.153. The van der Waals surface area contributed by atoms with E-state index in [0.29, 0.717) is 11.5 Å². The largest absolute Gasteiger partial charge is 0.534 e. The molecule has 0 aliphatic carbocycles. The van der Waals surface area contributed by atoms with Crippen molar-refractivity contribution >= 4 is 45.6 Å². The zero-order valence-electron chi connectivity index (χ0n) is 20.9. The van der Waals surface area contributed by atoms with E-state index in [0.717, 1.165) is 26.4 Å². The van der Waals surface area contributed by atoms with Crippen LogP contribution in [0.4, 0.5) is 9.59 Å². The first-order chi connectivity index (χ1) is 16.4. The van der Waals surface area contributed by atoms with Crippen LogP contribution in [0.1, 0.15) is 58.7 Å². The number of amides is 1. The van der Waals surface area contributed by atoms with Crippen molar-refractivity contribution in [2.24, 2.45) is 0 Å². The summed E-state index contributed by atoms with van der Waals surface area (Å²) in [5.74, 6) is 1.13. The Balaban J connectivity index is 1.83. The molecule has 0 aliphatic rings. The molecule has 0 bridgehead atoms. The third-order valence-electron chi connectivity index (χ3n) is 4.51. The topological polar surface area (TPSA) is 78.0 Å². The van der Waals surface area contributed by atoms with Crippen LogP contribution in [0, 0.1) is 0 Å². The molecule has 0 N–H and O–H groups in total. The molecule has 0 spiro atoms. The number of aromatic nitrogens is 1. The SMILES string of the molecule is CC(C)(C)OC(=O)ON(C(=O)OC(C)(C)C)[C@H](CSCc1cnc2ccsc2c1)c1ccccc1. The summed E-state index contributed by atoms with van der Waals surface area (Å²) in [6.45, 7) is 10.5. The highest BCUT2D eigenvalue weighted by Crippen LogP contribution is 2.30. The first-order valence-electron chi connectivity index (χ1n) is 11.3. The second-order valence-electron chi connectivity index (χ2n) is 9.95. The van der Waals surface area contributed by atoms with Gasteiger partial charge in [0, 0.05) is 17.7 Å². The summed E-state index contributed by atoms with van der Waals surface area (Å²) in [4.78, 5) is 35.7. The molecule has 2 aromatic heterocycles. The Morgan fingerprint density at radius 1 is 1.03 bits per heavy atom. The van der Waals surface area contributed by atoms with Crippen LogP contribution in [0.15, 0.2) is 54.0 Å². The van der Waals surface area contributed by atoms with E-state index < -0.39 is 29.5 Å². The van der Waals surface area contributed by atoms with E-state index in [1.807, 2.05) is 48.0 Å². The van der Waals surface area contributed by atoms with Crippen molar-refractivity contribution in [3.63, 3.8) is 0 Å². The molecule has 35 heavy (non-hydrogen) atoms. The van der Waals surface area contributed by atoms with E-state index in [1.54, 1.807) is 64.6 Å². The molecule has 1 amide bonds. The van der Waals surface area contributed by atoms with Gasteiger partial charge in [0.05, 0.1) is 10.2 Å². The molecule has 0 fully saturated rings. The van der Waals surface area contributed by atoms with Gasteiger partial charge in [-0.1, -0.05) is 30.3 Å². The van der Waals surface area contributed by atoms with Gasteiger partial charge in [-0.05, 0) is 70.2 Å². The molecule has 0 saturated heterocycles. The number of benzene rings is 1. The summed E-state index contributed by atoms with van der Waals surface area (Å²) in [6, 6.07) is 12.9. The Hall–Kier alpha value is -2.78. The Bertz CT molecular complexity index is 1140. The molecule has 7 nitrogen and oxygen atoms in total. The number of nitrogens with zero attached hydrogens (tertiary/aromatic N) is 2. The van der Waals surface area contributed by atoms with Crippen LogP contribution in [0.3, 0.4) is 0 Å². The van der Waals surface area contributed by atoms with Gasteiger partial charge in [0.25, 0.3) is 0 Å². The number of thioether (sulfide) groups is 1. The summed E-state index contributed by atoms with van der Waals surface area (Å²) in [7, 11) is 0. The Morgan fingerprint density at radius 3 is 2.37 bits per heavy atom. The molecule has 1 aromatic carbocycles. The summed E-state index contributed by atoms with van der Waals surface area (Å²) in [6.07, 6.45) is 0.128. The second-order valence-corrected chi connectivity index (χ2v) is 11.9. The number of hydroxylamine groups is 2. The lowest BCUT2D eigenvalue weighted by Gasteiger charge is -2.32. The first kappa shape index (κ1) is 26.8. The number of hydrogen-bond donors (Lipinski definition) is 0. The van der Waals surface area contributed by atoms with Crippen LogP contribution >= 0.6 is 23.1 Å². The van der Waals surface area contributed by atoms with Gasteiger partial charge in [0.2, 0.25) is 0 Å². The molecule has 0 saturated carbocycles. The van der Waals surface area contributed by atoms with Gasteiger partial charge < -0.3 is 9.47 Å². The molecule has 0 aliphatic heterocycles. The van der Waals surface area contributed by atoms with Crippen LogP contribution in [0.25, 0.3) is 10.2 Å². The van der Waals surface area contributed by atoms with Crippen molar-refractivity contribution in [3.8, 4) is 0 Å². The predicted octanol–water partition coefficient (Wildman–Crippen LogP) is 7.37. The Kier molecular flexibility index (Phi) is 8.66. The number of rotatable bonds is 6. The van der Waals surface area contributed by atoms with Gasteiger partial charge in [-0.3, -0.25) is 9.82 Å². The normalized spacial score (nSPS) is 12.7. The molecule has 3 aromatic rings. The maximum atomic E-state index is 13.2. The van der Waals surface area contributed by atoms with E-state index in [1.165, 1.54) is 0 Å². The smallest absolute Gasteiger partial charge is 0.442 e. The van der Waals surface area contributed by atoms with Crippen LogP contribution in [0.2, 0.25) is 0 Å². The fourth-order valence-corrected chi connectivity index (χ4v) is 4.98. The van der Waals surface area contributed by atoms with Crippen molar-refractivity contribution < 1.29 is 23.9 Å². The van der Waals surface area contributed by atoms with E-state index in [4.69, 9.17) is 14.3 Å². The minimum absolute atomic E-state index is 0.453. The number of hydrogen-bond acceptors (Lipinski definition) is 8. The first-order valence-corrected chi connectivity index (χ1v) is 13.3. The zero-order valence-corrected chi connectivity index (χ0v) is 22.6. The second kappa shape index (κ2) is 11.3. The van der Waals surface area contributed by atoms with Crippen molar-refractivity contribution in [1.29, 1.82) is 0 Å². The van der Waals surface area contributed by atoms with Gasteiger partial charge in [0.1, 0.15) is 17.2 Å². The highest BCUT2D eigenvalue weighted by Gasteiger charge is 2.34. The van der Waals surface area contributed by atoms with Crippen molar-refractivity contribution in [1.82, 2.24) is 10.0 Å². The maximum absolute atomic E-state index is 13.2. The van der Waals surface area contributed by atoms with E-state index in [-0.39, 0.29) is 0 Å². The van der Waals surface area contributed by atoms with Gasteiger partial charge >= 0.3 is 12.2 Å². The molecular formula is C26H32N2O5S2. The predicted molar refractivity (Wildman–Crippen MR) is 140 cm³/mol. The van der Waals surface area contributed by atoms with E-state index in [2.05, 4.69) is 11.1 Å². The molecule has 0 unspecified atom stereocenters. The van der Waals surface area contributed by atoms with Crippen molar-refractivity contribution in [3.05, 3.63) is 65.2 Å².